The number of hydrogen-bond donors (Lipinski definition) is 2. The fourth-order valence-electron chi connectivity index (χ4n) is 3.59. The van der Waals surface area contributed by atoms with E-state index in [-0.39, 0.29) is 11.6 Å². The molecule has 4 rings (SSSR count). The maximum Gasteiger partial charge on any atom is 0.323 e. The molecular formula is C25H25N3O4. The molecule has 0 atom stereocenters. The molecule has 0 bridgehead atoms. The Morgan fingerprint density at radius 2 is 1.72 bits per heavy atom. The first-order valence-electron chi connectivity index (χ1n) is 10.5. The molecule has 7 heteroatoms. The topological polar surface area (TPSA) is 87.4 Å². The van der Waals surface area contributed by atoms with Crippen LogP contribution in [0.15, 0.2) is 71.5 Å². The number of nitrogens with zero attached hydrogens (tertiary/aromatic N) is 1. The van der Waals surface area contributed by atoms with Gasteiger partial charge in [-0.15, -0.1) is 0 Å². The second kappa shape index (κ2) is 9.43. The summed E-state index contributed by atoms with van der Waals surface area (Å²) in [4.78, 5) is 31.3. The van der Waals surface area contributed by atoms with Crippen LogP contribution in [-0.4, -0.2) is 22.5 Å². The van der Waals surface area contributed by atoms with E-state index in [1.54, 1.807) is 17.0 Å². The lowest BCUT2D eigenvalue weighted by Gasteiger charge is -2.24. The number of imidazole rings is 1. The van der Waals surface area contributed by atoms with Gasteiger partial charge < -0.3 is 24.3 Å². The summed E-state index contributed by atoms with van der Waals surface area (Å²) < 4.78 is 12.0. The van der Waals surface area contributed by atoms with E-state index >= 15 is 0 Å². The van der Waals surface area contributed by atoms with Crippen molar-refractivity contribution in [2.24, 2.45) is 0 Å². The van der Waals surface area contributed by atoms with Crippen LogP contribution in [0.5, 0.6) is 11.5 Å². The highest BCUT2D eigenvalue weighted by molar-refractivity contribution is 5.93. The lowest BCUT2D eigenvalue weighted by atomic mass is 10.1. The molecule has 3 aromatic carbocycles. The minimum atomic E-state index is -0.285. The van der Waals surface area contributed by atoms with Gasteiger partial charge in [0.1, 0.15) is 6.61 Å². The molecular weight excluding hydrogens is 406 g/mol. The standard InChI is InChI=1S/C25H25N3O4/c1-3-31-23-11-7-10-19(24(23)32-16-18-8-5-4-6-9-18)15-28(17(2)29)20-12-13-21-22(14-20)27-25(30)26-21/h4-14H,3,15-16H2,1-2H3,(H2,26,27,30). The van der Waals surface area contributed by atoms with Crippen molar-refractivity contribution in [3.05, 3.63) is 88.3 Å². The smallest absolute Gasteiger partial charge is 0.323 e. The number of anilines is 1. The largest absolute Gasteiger partial charge is 0.490 e. The maximum absolute atomic E-state index is 12.6. The Labute approximate surface area is 185 Å². The number of H-pyrrole nitrogens is 2. The number of benzene rings is 3. The zero-order chi connectivity index (χ0) is 22.5. The van der Waals surface area contributed by atoms with Crippen LogP contribution in [0.3, 0.4) is 0 Å². The number of amides is 1. The van der Waals surface area contributed by atoms with Crippen LogP contribution in [0.2, 0.25) is 0 Å². The van der Waals surface area contributed by atoms with Crippen LogP contribution in [0, 0.1) is 0 Å². The number of nitrogens with one attached hydrogen (secondary N) is 2. The minimum Gasteiger partial charge on any atom is -0.490 e. The van der Waals surface area contributed by atoms with E-state index in [4.69, 9.17) is 9.47 Å². The van der Waals surface area contributed by atoms with Crippen LogP contribution in [0.25, 0.3) is 11.0 Å². The van der Waals surface area contributed by atoms with E-state index in [9.17, 15) is 9.59 Å². The zero-order valence-electron chi connectivity index (χ0n) is 18.1. The van der Waals surface area contributed by atoms with Crippen LogP contribution in [0.1, 0.15) is 25.0 Å². The molecule has 0 saturated heterocycles. The summed E-state index contributed by atoms with van der Waals surface area (Å²) in [6.07, 6.45) is 0. The Bertz CT molecular complexity index is 1280. The fourth-order valence-corrected chi connectivity index (χ4v) is 3.59. The Kier molecular flexibility index (Phi) is 6.26. The predicted octanol–water partition coefficient (Wildman–Crippen LogP) is 4.39. The lowest BCUT2D eigenvalue weighted by Crippen LogP contribution is -2.28. The van der Waals surface area contributed by atoms with Gasteiger partial charge in [-0.25, -0.2) is 4.79 Å². The SMILES string of the molecule is CCOc1cccc(CN(C(C)=O)c2ccc3[nH]c(=O)[nH]c3c2)c1OCc1ccccc1. The van der Waals surface area contributed by atoms with Crippen molar-refractivity contribution in [1.82, 2.24) is 9.97 Å². The van der Waals surface area contributed by atoms with Crippen LogP contribution in [-0.2, 0) is 17.9 Å². The van der Waals surface area contributed by atoms with Gasteiger partial charge >= 0.3 is 5.69 Å². The first-order valence-corrected chi connectivity index (χ1v) is 10.5. The van der Waals surface area contributed by atoms with Crippen LogP contribution < -0.4 is 20.1 Å². The van der Waals surface area contributed by atoms with Crippen LogP contribution in [0.4, 0.5) is 5.69 Å². The Balaban J connectivity index is 1.67. The van der Waals surface area contributed by atoms with Crippen molar-refractivity contribution in [3.8, 4) is 11.5 Å². The van der Waals surface area contributed by atoms with E-state index in [0.29, 0.717) is 48.0 Å². The van der Waals surface area contributed by atoms with E-state index in [0.717, 1.165) is 11.1 Å². The van der Waals surface area contributed by atoms with Crippen LogP contribution >= 0.6 is 0 Å². The number of hydrogen-bond acceptors (Lipinski definition) is 4. The molecule has 0 unspecified atom stereocenters. The summed E-state index contributed by atoms with van der Waals surface area (Å²) in [5.74, 6) is 1.12. The monoisotopic (exact) mass is 431 g/mol. The van der Waals surface area contributed by atoms with E-state index < -0.39 is 0 Å². The lowest BCUT2D eigenvalue weighted by molar-refractivity contribution is -0.116. The molecule has 7 nitrogen and oxygen atoms in total. The van der Waals surface area contributed by atoms with Gasteiger partial charge in [0.15, 0.2) is 11.5 Å². The molecule has 2 N–H and O–H groups in total. The number of aromatic amines is 2. The van der Waals surface area contributed by atoms with Gasteiger partial charge in [-0.3, -0.25) is 4.79 Å². The predicted molar refractivity (Wildman–Crippen MR) is 124 cm³/mol. The third-order valence-corrected chi connectivity index (χ3v) is 5.11. The first kappa shape index (κ1) is 21.2. The number of carbonyl (C=O) groups excluding carboxylic acids is 1. The molecule has 0 aliphatic carbocycles. The Morgan fingerprint density at radius 3 is 2.47 bits per heavy atom. The van der Waals surface area contributed by atoms with Crippen molar-refractivity contribution in [2.45, 2.75) is 27.0 Å². The molecule has 4 aromatic rings. The number of aromatic nitrogens is 2. The van der Waals surface area contributed by atoms with Crippen molar-refractivity contribution in [3.63, 3.8) is 0 Å². The van der Waals surface area contributed by atoms with Crippen molar-refractivity contribution in [2.75, 3.05) is 11.5 Å². The van der Waals surface area contributed by atoms with Crippen molar-refractivity contribution >= 4 is 22.6 Å². The van der Waals surface area contributed by atoms with E-state index in [1.165, 1.54) is 6.92 Å². The van der Waals surface area contributed by atoms with E-state index in [2.05, 4.69) is 9.97 Å². The second-order valence-electron chi connectivity index (χ2n) is 7.37. The summed E-state index contributed by atoms with van der Waals surface area (Å²) in [5, 5.41) is 0. The number of fused-ring (bicyclic) bond motifs is 1. The zero-order valence-corrected chi connectivity index (χ0v) is 18.1. The van der Waals surface area contributed by atoms with Gasteiger partial charge in [0.25, 0.3) is 0 Å². The average molecular weight is 431 g/mol. The van der Waals surface area contributed by atoms with Crippen molar-refractivity contribution < 1.29 is 14.3 Å². The summed E-state index contributed by atoms with van der Waals surface area (Å²) >= 11 is 0. The van der Waals surface area contributed by atoms with E-state index in [1.807, 2.05) is 61.5 Å². The summed E-state index contributed by atoms with van der Waals surface area (Å²) in [7, 11) is 0. The quantitative estimate of drug-likeness (QED) is 0.433. The molecule has 1 heterocycles. The molecule has 0 fully saturated rings. The normalized spacial score (nSPS) is 10.8. The number of carbonyl (C=O) groups is 1. The molecule has 32 heavy (non-hydrogen) atoms. The highest BCUT2D eigenvalue weighted by atomic mass is 16.5. The summed E-state index contributed by atoms with van der Waals surface area (Å²) in [5.41, 5.74) is 3.58. The number of rotatable bonds is 8. The molecule has 0 aliphatic rings. The molecule has 1 aromatic heterocycles. The molecule has 0 spiro atoms. The van der Waals surface area contributed by atoms with Gasteiger partial charge in [-0.2, -0.15) is 0 Å². The summed E-state index contributed by atoms with van der Waals surface area (Å²) in [6.45, 7) is 4.61. The Morgan fingerprint density at radius 1 is 0.938 bits per heavy atom. The Hall–Kier alpha value is -4.00. The second-order valence-corrected chi connectivity index (χ2v) is 7.37. The van der Waals surface area contributed by atoms with Gasteiger partial charge in [0.2, 0.25) is 5.91 Å². The van der Waals surface area contributed by atoms with Crippen molar-refractivity contribution in [1.29, 1.82) is 0 Å². The fraction of sp³-hybridized carbons (Fsp3) is 0.200. The highest BCUT2D eigenvalue weighted by Crippen LogP contribution is 2.34. The highest BCUT2D eigenvalue weighted by Gasteiger charge is 2.19. The molecule has 0 aliphatic heterocycles. The number of para-hydroxylation sites is 1. The third-order valence-electron chi connectivity index (χ3n) is 5.11. The van der Waals surface area contributed by atoms with Gasteiger partial charge in [-0.1, -0.05) is 42.5 Å². The number of ether oxygens (including phenoxy) is 2. The minimum absolute atomic E-state index is 0.127. The van der Waals surface area contributed by atoms with Gasteiger partial charge in [-0.05, 0) is 36.8 Å². The molecule has 1 amide bonds. The molecule has 164 valence electrons. The first-order chi connectivity index (χ1) is 15.5. The maximum atomic E-state index is 12.6. The average Bonchev–Trinajstić information content (AvgIpc) is 3.16. The summed E-state index contributed by atoms with van der Waals surface area (Å²) in [6, 6.07) is 20.9. The van der Waals surface area contributed by atoms with Gasteiger partial charge in [0, 0.05) is 18.2 Å². The molecule has 0 saturated carbocycles. The third kappa shape index (κ3) is 4.67. The molecule has 0 radical (unpaired) electrons. The van der Waals surface area contributed by atoms with Gasteiger partial charge in [0.05, 0.1) is 24.2 Å².